The van der Waals surface area contributed by atoms with Crippen LogP contribution in [0.15, 0.2) is 54.6 Å². The van der Waals surface area contributed by atoms with Gasteiger partial charge in [-0.25, -0.2) is 9.78 Å². The van der Waals surface area contributed by atoms with Gasteiger partial charge in [0.2, 0.25) is 0 Å². The SMILES string of the molecule is COC(=O)/C=C/c1c(Cl)nc(C)n1Cc1ccc(-c2ccccc2)cc1Cl. The average molecular weight is 401 g/mol. The predicted molar refractivity (Wildman–Crippen MR) is 109 cm³/mol. The van der Waals surface area contributed by atoms with Gasteiger partial charge < -0.3 is 9.30 Å². The maximum Gasteiger partial charge on any atom is 0.330 e. The molecule has 0 radical (unpaired) electrons. The highest BCUT2D eigenvalue weighted by Crippen LogP contribution is 2.28. The standard InChI is InChI=1S/C21H18Cl2N2O2/c1-14-24-21(23)19(10-11-20(26)27-2)25(14)13-17-9-8-16(12-18(17)22)15-6-4-3-5-7-15/h3-12H,13H2,1-2H3/b11-10+. The van der Waals surface area contributed by atoms with Crippen LogP contribution in [0.1, 0.15) is 17.1 Å². The van der Waals surface area contributed by atoms with E-state index in [2.05, 4.69) is 9.72 Å². The van der Waals surface area contributed by atoms with Crippen molar-refractivity contribution in [2.75, 3.05) is 7.11 Å². The van der Waals surface area contributed by atoms with Crippen LogP contribution in [0.2, 0.25) is 10.2 Å². The van der Waals surface area contributed by atoms with E-state index >= 15 is 0 Å². The lowest BCUT2D eigenvalue weighted by Gasteiger charge is -2.11. The number of carbonyl (C=O) groups excluding carboxylic acids is 1. The summed E-state index contributed by atoms with van der Waals surface area (Å²) in [5.41, 5.74) is 3.72. The molecule has 0 aliphatic carbocycles. The van der Waals surface area contributed by atoms with Crippen molar-refractivity contribution in [3.05, 3.63) is 81.9 Å². The first-order valence-corrected chi connectivity index (χ1v) is 9.07. The zero-order valence-corrected chi connectivity index (χ0v) is 16.5. The van der Waals surface area contributed by atoms with E-state index in [1.165, 1.54) is 13.2 Å². The number of esters is 1. The molecule has 0 amide bonds. The number of aromatic nitrogens is 2. The molecule has 1 aromatic heterocycles. The van der Waals surface area contributed by atoms with E-state index in [-0.39, 0.29) is 0 Å². The summed E-state index contributed by atoms with van der Waals surface area (Å²) in [5, 5.41) is 0.980. The van der Waals surface area contributed by atoms with Crippen LogP contribution in [-0.4, -0.2) is 22.6 Å². The molecule has 0 fully saturated rings. The Morgan fingerprint density at radius 3 is 2.56 bits per heavy atom. The third kappa shape index (κ3) is 4.41. The summed E-state index contributed by atoms with van der Waals surface area (Å²) < 4.78 is 6.54. The van der Waals surface area contributed by atoms with Gasteiger partial charge in [0.25, 0.3) is 0 Å². The van der Waals surface area contributed by atoms with Crippen LogP contribution in [0, 0.1) is 6.92 Å². The summed E-state index contributed by atoms with van der Waals surface area (Å²) >= 11 is 12.8. The highest BCUT2D eigenvalue weighted by Gasteiger charge is 2.13. The zero-order valence-electron chi connectivity index (χ0n) is 14.9. The van der Waals surface area contributed by atoms with Crippen LogP contribution in [-0.2, 0) is 16.1 Å². The minimum absolute atomic E-state index is 0.324. The Hall–Kier alpha value is -2.56. The van der Waals surface area contributed by atoms with Gasteiger partial charge in [-0.2, -0.15) is 0 Å². The Balaban J connectivity index is 1.92. The summed E-state index contributed by atoms with van der Waals surface area (Å²) in [7, 11) is 1.32. The van der Waals surface area contributed by atoms with E-state index in [1.54, 1.807) is 6.08 Å². The van der Waals surface area contributed by atoms with Gasteiger partial charge in [-0.3, -0.25) is 0 Å². The molecule has 3 aromatic rings. The van der Waals surface area contributed by atoms with Crippen LogP contribution < -0.4 is 0 Å². The molecule has 4 nitrogen and oxygen atoms in total. The second kappa shape index (κ2) is 8.42. The molecule has 2 aromatic carbocycles. The van der Waals surface area contributed by atoms with E-state index in [0.717, 1.165) is 22.5 Å². The lowest BCUT2D eigenvalue weighted by atomic mass is 10.0. The van der Waals surface area contributed by atoms with Crippen molar-refractivity contribution in [1.29, 1.82) is 0 Å². The smallest absolute Gasteiger partial charge is 0.330 e. The predicted octanol–water partition coefficient (Wildman–Crippen LogP) is 5.40. The third-order valence-electron chi connectivity index (χ3n) is 4.22. The highest BCUT2D eigenvalue weighted by molar-refractivity contribution is 6.31. The molecule has 0 unspecified atom stereocenters. The van der Waals surface area contributed by atoms with E-state index < -0.39 is 5.97 Å². The normalized spacial score (nSPS) is 11.1. The number of imidazole rings is 1. The van der Waals surface area contributed by atoms with E-state index in [9.17, 15) is 4.79 Å². The first-order chi connectivity index (χ1) is 13.0. The second-order valence-corrected chi connectivity index (χ2v) is 6.72. The van der Waals surface area contributed by atoms with Crippen molar-refractivity contribution in [3.63, 3.8) is 0 Å². The summed E-state index contributed by atoms with van der Waals surface area (Å²) in [6.07, 6.45) is 2.92. The molecule has 0 atom stereocenters. The lowest BCUT2D eigenvalue weighted by Crippen LogP contribution is -2.05. The van der Waals surface area contributed by atoms with Gasteiger partial charge >= 0.3 is 5.97 Å². The molecule has 0 N–H and O–H groups in total. The minimum Gasteiger partial charge on any atom is -0.466 e. The monoisotopic (exact) mass is 400 g/mol. The van der Waals surface area contributed by atoms with Gasteiger partial charge in [0, 0.05) is 11.1 Å². The number of methoxy groups -OCH3 is 1. The fourth-order valence-corrected chi connectivity index (χ4v) is 3.30. The van der Waals surface area contributed by atoms with Gasteiger partial charge in [-0.1, -0.05) is 65.7 Å². The molecule has 6 heteroatoms. The largest absolute Gasteiger partial charge is 0.466 e. The van der Waals surface area contributed by atoms with Crippen LogP contribution in [0.25, 0.3) is 17.2 Å². The summed E-state index contributed by atoms with van der Waals surface area (Å²) in [6, 6.07) is 16.0. The Labute approximate surface area is 168 Å². The zero-order chi connectivity index (χ0) is 19.4. The molecular formula is C21H18Cl2N2O2. The lowest BCUT2D eigenvalue weighted by molar-refractivity contribution is -0.134. The van der Waals surface area contributed by atoms with Gasteiger partial charge in [0.15, 0.2) is 5.15 Å². The maximum absolute atomic E-state index is 11.4. The number of hydrogen-bond acceptors (Lipinski definition) is 3. The van der Waals surface area contributed by atoms with E-state index in [4.69, 9.17) is 23.2 Å². The topological polar surface area (TPSA) is 44.1 Å². The summed E-state index contributed by atoms with van der Waals surface area (Å²) in [4.78, 5) is 15.7. The fourth-order valence-electron chi connectivity index (χ4n) is 2.77. The number of rotatable bonds is 5. The highest BCUT2D eigenvalue weighted by atomic mass is 35.5. The number of aryl methyl sites for hydroxylation is 1. The van der Waals surface area contributed by atoms with Crippen LogP contribution in [0.5, 0.6) is 0 Å². The van der Waals surface area contributed by atoms with Gasteiger partial charge in [-0.05, 0) is 35.8 Å². The van der Waals surface area contributed by atoms with Crippen molar-refractivity contribution in [3.8, 4) is 11.1 Å². The minimum atomic E-state index is -0.457. The van der Waals surface area contributed by atoms with Crippen LogP contribution in [0.3, 0.4) is 0 Å². The number of hydrogen-bond donors (Lipinski definition) is 0. The Morgan fingerprint density at radius 2 is 1.89 bits per heavy atom. The Bertz CT molecular complexity index is 995. The number of nitrogens with zero attached hydrogens (tertiary/aromatic N) is 2. The van der Waals surface area contributed by atoms with Gasteiger partial charge in [0.1, 0.15) is 5.82 Å². The van der Waals surface area contributed by atoms with Crippen molar-refractivity contribution < 1.29 is 9.53 Å². The first-order valence-electron chi connectivity index (χ1n) is 8.32. The Morgan fingerprint density at radius 1 is 1.15 bits per heavy atom. The van der Waals surface area contributed by atoms with Crippen molar-refractivity contribution >= 4 is 35.2 Å². The summed E-state index contributed by atoms with van der Waals surface area (Å²) in [5.74, 6) is 0.273. The van der Waals surface area contributed by atoms with Gasteiger partial charge in [0.05, 0.1) is 19.3 Å². The van der Waals surface area contributed by atoms with Crippen molar-refractivity contribution in [2.45, 2.75) is 13.5 Å². The van der Waals surface area contributed by atoms with E-state index in [1.807, 2.05) is 60.0 Å². The van der Waals surface area contributed by atoms with Gasteiger partial charge in [-0.15, -0.1) is 0 Å². The number of carbonyl (C=O) groups is 1. The molecule has 0 bridgehead atoms. The quantitative estimate of drug-likeness (QED) is 0.425. The second-order valence-electron chi connectivity index (χ2n) is 5.95. The molecule has 0 saturated carbocycles. The third-order valence-corrected chi connectivity index (χ3v) is 4.85. The molecule has 0 aliphatic rings. The van der Waals surface area contributed by atoms with Crippen molar-refractivity contribution in [1.82, 2.24) is 9.55 Å². The molecular weight excluding hydrogens is 383 g/mol. The fraction of sp³-hybridized carbons (Fsp3) is 0.143. The number of benzene rings is 2. The van der Waals surface area contributed by atoms with Crippen molar-refractivity contribution in [2.24, 2.45) is 0 Å². The molecule has 0 saturated heterocycles. The molecule has 27 heavy (non-hydrogen) atoms. The summed E-state index contributed by atoms with van der Waals surface area (Å²) in [6.45, 7) is 2.34. The molecule has 138 valence electrons. The molecule has 0 spiro atoms. The molecule has 1 heterocycles. The molecule has 3 rings (SSSR count). The average Bonchev–Trinajstić information content (AvgIpc) is 2.94. The maximum atomic E-state index is 11.4. The van der Waals surface area contributed by atoms with Crippen LogP contribution in [0.4, 0.5) is 0 Å². The molecule has 0 aliphatic heterocycles. The number of ether oxygens (including phenoxy) is 1. The van der Waals surface area contributed by atoms with Crippen LogP contribution >= 0.6 is 23.2 Å². The first kappa shape index (κ1) is 19.2. The van der Waals surface area contributed by atoms with E-state index in [0.29, 0.717) is 22.4 Å². The number of halogens is 2. The Kier molecular flexibility index (Phi) is 5.99.